The third kappa shape index (κ3) is 6.62. The molecule has 252 valence electrons. The second kappa shape index (κ2) is 13.7. The largest absolute Gasteiger partial charge is 0.381 e. The molecule has 3 fully saturated rings. The predicted molar refractivity (Wildman–Crippen MR) is 185 cm³/mol. The average Bonchev–Trinajstić information content (AvgIpc) is 3.48. The van der Waals surface area contributed by atoms with Gasteiger partial charge in [-0.05, 0) is 44.4 Å². The van der Waals surface area contributed by atoms with Crippen LogP contribution in [0.15, 0.2) is 48.8 Å². The zero-order valence-corrected chi connectivity index (χ0v) is 27.8. The van der Waals surface area contributed by atoms with Crippen molar-refractivity contribution in [2.24, 2.45) is 0 Å². The van der Waals surface area contributed by atoms with Gasteiger partial charge in [0.25, 0.3) is 0 Å². The van der Waals surface area contributed by atoms with E-state index in [0.29, 0.717) is 36.7 Å². The Labute approximate surface area is 280 Å². The topological polar surface area (TPSA) is 137 Å². The van der Waals surface area contributed by atoms with Crippen LogP contribution in [0.1, 0.15) is 44.7 Å². The summed E-state index contributed by atoms with van der Waals surface area (Å²) >= 11 is 0. The van der Waals surface area contributed by atoms with Crippen molar-refractivity contribution in [3.05, 3.63) is 54.4 Å². The lowest BCUT2D eigenvalue weighted by Gasteiger charge is -2.36. The molecule has 0 aliphatic carbocycles. The van der Waals surface area contributed by atoms with Crippen molar-refractivity contribution in [1.82, 2.24) is 34.9 Å². The number of para-hydroxylation sites is 1. The molecule has 3 amide bonds. The summed E-state index contributed by atoms with van der Waals surface area (Å²) in [7, 11) is 1.77. The van der Waals surface area contributed by atoms with Gasteiger partial charge in [0.05, 0.1) is 17.0 Å². The fraction of sp³-hybridized carbons (Fsp3) is 0.471. The van der Waals surface area contributed by atoms with E-state index < -0.39 is 0 Å². The molecule has 4 aromatic rings. The molecule has 3 saturated heterocycles. The van der Waals surface area contributed by atoms with Gasteiger partial charge in [0.1, 0.15) is 11.6 Å². The highest BCUT2D eigenvalue weighted by molar-refractivity contribution is 6.05. The number of aromatic nitrogens is 5. The number of nitrogens with one attached hydrogen (secondary N) is 2. The van der Waals surface area contributed by atoms with Gasteiger partial charge in [-0.25, -0.2) is 14.8 Å². The van der Waals surface area contributed by atoms with Crippen LogP contribution < -0.4 is 25.3 Å². The Balaban J connectivity index is 1.04. The Kier molecular flexibility index (Phi) is 9.08. The molecule has 3 aliphatic rings. The first-order chi connectivity index (χ1) is 23.4. The van der Waals surface area contributed by atoms with E-state index in [2.05, 4.69) is 61.0 Å². The molecule has 3 aromatic heterocycles. The number of piperidine rings is 1. The van der Waals surface area contributed by atoms with Crippen LogP contribution in [0, 0.1) is 0 Å². The van der Waals surface area contributed by atoms with E-state index in [1.807, 2.05) is 30.5 Å². The lowest BCUT2D eigenvalue weighted by molar-refractivity contribution is -0.120. The molecule has 1 aromatic carbocycles. The summed E-state index contributed by atoms with van der Waals surface area (Å²) in [6.45, 7) is 10.4. The van der Waals surface area contributed by atoms with Gasteiger partial charge in [0, 0.05) is 96.1 Å². The maximum absolute atomic E-state index is 12.6. The highest BCUT2D eigenvalue weighted by Crippen LogP contribution is 2.32. The highest BCUT2D eigenvalue weighted by Gasteiger charge is 2.28. The van der Waals surface area contributed by atoms with Gasteiger partial charge >= 0.3 is 6.03 Å². The Morgan fingerprint density at radius 1 is 0.958 bits per heavy atom. The smallest absolute Gasteiger partial charge is 0.328 e. The molecule has 7 rings (SSSR count). The minimum Gasteiger partial charge on any atom is -0.381 e. The second-order valence-electron chi connectivity index (χ2n) is 12.9. The molecule has 0 saturated carbocycles. The number of ether oxygens (including phenoxy) is 1. The third-order valence-corrected chi connectivity index (χ3v) is 9.42. The zero-order chi connectivity index (χ0) is 33.2. The molecule has 3 aliphatic heterocycles. The minimum absolute atomic E-state index is 0.164. The maximum Gasteiger partial charge on any atom is 0.328 e. The number of rotatable bonds is 9. The average molecular weight is 654 g/mol. The first-order valence-electron chi connectivity index (χ1n) is 16.8. The van der Waals surface area contributed by atoms with Crippen molar-refractivity contribution in [1.29, 1.82) is 0 Å². The number of anilines is 5. The SMILES string of the molecule is COC1CCN(c2nccc(Nc3cc4c(cn3)c(N3CCN(Cc5ccccc5N5CCC(=O)NC5=O)CC3)nn4C(C)C)n2)CC1. The summed E-state index contributed by atoms with van der Waals surface area (Å²) in [5, 5.41) is 11.9. The molecular weight excluding hydrogens is 610 g/mol. The number of amides is 3. The lowest BCUT2D eigenvalue weighted by Crippen LogP contribution is -2.50. The molecule has 14 nitrogen and oxygen atoms in total. The Bertz CT molecular complexity index is 1780. The van der Waals surface area contributed by atoms with E-state index >= 15 is 0 Å². The lowest BCUT2D eigenvalue weighted by atomic mass is 10.1. The molecule has 0 spiro atoms. The van der Waals surface area contributed by atoms with Crippen molar-refractivity contribution in [2.75, 3.05) is 72.9 Å². The Morgan fingerprint density at radius 3 is 2.50 bits per heavy atom. The summed E-state index contributed by atoms with van der Waals surface area (Å²) in [6.07, 6.45) is 6.22. The number of imide groups is 1. The van der Waals surface area contributed by atoms with Crippen molar-refractivity contribution in [3.63, 3.8) is 0 Å². The number of nitrogens with zero attached hydrogens (tertiary/aromatic N) is 9. The Morgan fingerprint density at radius 2 is 1.75 bits per heavy atom. The van der Waals surface area contributed by atoms with Crippen LogP contribution in [0.2, 0.25) is 0 Å². The van der Waals surface area contributed by atoms with Crippen LogP contribution in [0.25, 0.3) is 10.9 Å². The summed E-state index contributed by atoms with van der Waals surface area (Å²) < 4.78 is 7.58. The summed E-state index contributed by atoms with van der Waals surface area (Å²) in [5.74, 6) is 2.82. The van der Waals surface area contributed by atoms with Crippen molar-refractivity contribution in [3.8, 4) is 0 Å². The molecule has 0 bridgehead atoms. The van der Waals surface area contributed by atoms with E-state index in [9.17, 15) is 9.59 Å². The van der Waals surface area contributed by atoms with Crippen LogP contribution >= 0.6 is 0 Å². The molecule has 6 heterocycles. The second-order valence-corrected chi connectivity index (χ2v) is 12.9. The van der Waals surface area contributed by atoms with Gasteiger partial charge in [-0.2, -0.15) is 10.1 Å². The van der Waals surface area contributed by atoms with E-state index in [1.165, 1.54) is 0 Å². The predicted octanol–water partition coefficient (Wildman–Crippen LogP) is 3.93. The van der Waals surface area contributed by atoms with Crippen LogP contribution in [-0.4, -0.2) is 101 Å². The monoisotopic (exact) mass is 653 g/mol. The zero-order valence-electron chi connectivity index (χ0n) is 27.8. The first-order valence-corrected chi connectivity index (χ1v) is 16.8. The van der Waals surface area contributed by atoms with Crippen LogP contribution in [-0.2, 0) is 16.1 Å². The third-order valence-electron chi connectivity index (χ3n) is 9.42. The van der Waals surface area contributed by atoms with Gasteiger partial charge in [-0.1, -0.05) is 18.2 Å². The number of fused-ring (bicyclic) bond motifs is 1. The van der Waals surface area contributed by atoms with E-state index in [0.717, 1.165) is 86.6 Å². The molecule has 0 atom stereocenters. The normalized spacial score (nSPS) is 18.2. The number of carbonyl (C=O) groups excluding carboxylic acids is 2. The van der Waals surface area contributed by atoms with Crippen molar-refractivity contribution in [2.45, 2.75) is 51.8 Å². The van der Waals surface area contributed by atoms with Crippen LogP contribution in [0.4, 0.5) is 33.9 Å². The minimum atomic E-state index is -0.358. The fourth-order valence-electron chi connectivity index (χ4n) is 6.77. The van der Waals surface area contributed by atoms with Crippen molar-refractivity contribution < 1.29 is 14.3 Å². The van der Waals surface area contributed by atoms with Gasteiger partial charge in [0.2, 0.25) is 11.9 Å². The van der Waals surface area contributed by atoms with Gasteiger partial charge in [-0.15, -0.1) is 0 Å². The highest BCUT2D eigenvalue weighted by atomic mass is 16.5. The number of hydrogen-bond donors (Lipinski definition) is 2. The maximum atomic E-state index is 12.6. The molecule has 2 N–H and O–H groups in total. The van der Waals surface area contributed by atoms with Gasteiger partial charge in [0.15, 0.2) is 5.82 Å². The quantitative estimate of drug-likeness (QED) is 0.272. The number of benzene rings is 1. The molecular formula is C34H43N11O3. The number of pyridine rings is 1. The van der Waals surface area contributed by atoms with Crippen molar-refractivity contribution >= 4 is 51.9 Å². The summed E-state index contributed by atoms with van der Waals surface area (Å²) in [4.78, 5) is 46.9. The first kappa shape index (κ1) is 31.8. The number of carbonyl (C=O) groups is 2. The number of urea groups is 1. The number of hydrogen-bond acceptors (Lipinski definition) is 11. The van der Waals surface area contributed by atoms with E-state index in [4.69, 9.17) is 19.8 Å². The van der Waals surface area contributed by atoms with E-state index in [-0.39, 0.29) is 18.0 Å². The van der Waals surface area contributed by atoms with Crippen LogP contribution in [0.3, 0.4) is 0 Å². The fourth-order valence-corrected chi connectivity index (χ4v) is 6.77. The van der Waals surface area contributed by atoms with E-state index in [1.54, 1.807) is 18.2 Å². The van der Waals surface area contributed by atoms with Gasteiger partial charge in [-0.3, -0.25) is 24.6 Å². The summed E-state index contributed by atoms with van der Waals surface area (Å²) in [6, 6.07) is 11.7. The van der Waals surface area contributed by atoms with Gasteiger partial charge < -0.3 is 19.9 Å². The van der Waals surface area contributed by atoms with Crippen LogP contribution in [0.5, 0.6) is 0 Å². The molecule has 0 radical (unpaired) electrons. The summed E-state index contributed by atoms with van der Waals surface area (Å²) in [5.41, 5.74) is 2.94. The molecule has 14 heteroatoms. The number of piperazine rings is 1. The Hall–Kier alpha value is -4.82. The molecule has 0 unspecified atom stereocenters. The molecule has 48 heavy (non-hydrogen) atoms. The standard InChI is InChI=1S/C34H43N11O3/c1-23(2)45-28-20-30(37-29-8-12-35-33(38-29)43-13-9-25(48-3)10-14-43)36-21-26(28)32(40-45)42-18-16-41(17-19-42)22-24-6-4-5-7-27(24)44-15-11-31(46)39-34(44)47/h4-8,12,20-21,23,25H,9-11,13-19,22H2,1-3H3,(H,39,46,47)(H,35,36,37,38). The number of methoxy groups -OCH3 is 1.